The molecule has 1 aliphatic carbocycles. The van der Waals surface area contributed by atoms with Crippen LogP contribution in [0.4, 0.5) is 0 Å². The third kappa shape index (κ3) is 3.03. The number of aromatic nitrogens is 2. The maximum absolute atomic E-state index is 6.22. The SMILES string of the molecule is COc1ccc(C(N)C2=CCCCCC2)nn1. The lowest BCUT2D eigenvalue weighted by Crippen LogP contribution is -2.15. The van der Waals surface area contributed by atoms with Gasteiger partial charge in [-0.05, 0) is 31.7 Å². The predicted molar refractivity (Wildman–Crippen MR) is 66.7 cm³/mol. The van der Waals surface area contributed by atoms with Crippen molar-refractivity contribution < 1.29 is 4.74 Å². The molecule has 0 spiro atoms. The van der Waals surface area contributed by atoms with Crippen LogP contribution in [0.25, 0.3) is 0 Å². The molecule has 0 bridgehead atoms. The summed E-state index contributed by atoms with van der Waals surface area (Å²) >= 11 is 0. The summed E-state index contributed by atoms with van der Waals surface area (Å²) in [7, 11) is 1.58. The fourth-order valence-electron chi connectivity index (χ4n) is 2.12. The number of methoxy groups -OCH3 is 1. The van der Waals surface area contributed by atoms with E-state index in [0.29, 0.717) is 5.88 Å². The van der Waals surface area contributed by atoms with Crippen LogP contribution in [-0.2, 0) is 0 Å². The molecule has 2 rings (SSSR count). The van der Waals surface area contributed by atoms with Gasteiger partial charge >= 0.3 is 0 Å². The van der Waals surface area contributed by atoms with Gasteiger partial charge in [-0.15, -0.1) is 10.2 Å². The molecule has 1 aromatic heterocycles. The first-order chi connectivity index (χ1) is 8.31. The number of rotatable bonds is 3. The topological polar surface area (TPSA) is 61.0 Å². The van der Waals surface area contributed by atoms with Gasteiger partial charge in [0.1, 0.15) is 0 Å². The van der Waals surface area contributed by atoms with Crippen LogP contribution >= 0.6 is 0 Å². The van der Waals surface area contributed by atoms with Crippen molar-refractivity contribution >= 4 is 0 Å². The summed E-state index contributed by atoms with van der Waals surface area (Å²) in [6, 6.07) is 3.58. The minimum Gasteiger partial charge on any atom is -0.480 e. The highest BCUT2D eigenvalue weighted by Gasteiger charge is 2.15. The van der Waals surface area contributed by atoms with Gasteiger partial charge in [0, 0.05) is 6.07 Å². The van der Waals surface area contributed by atoms with E-state index in [4.69, 9.17) is 10.5 Å². The second kappa shape index (κ2) is 5.77. The van der Waals surface area contributed by atoms with E-state index in [2.05, 4.69) is 16.3 Å². The van der Waals surface area contributed by atoms with Gasteiger partial charge in [-0.2, -0.15) is 0 Å². The van der Waals surface area contributed by atoms with E-state index >= 15 is 0 Å². The van der Waals surface area contributed by atoms with Crippen LogP contribution in [0.5, 0.6) is 5.88 Å². The van der Waals surface area contributed by atoms with Crippen molar-refractivity contribution in [2.45, 2.75) is 38.1 Å². The molecule has 4 nitrogen and oxygen atoms in total. The van der Waals surface area contributed by atoms with Crippen LogP contribution in [0.1, 0.15) is 43.8 Å². The fourth-order valence-corrected chi connectivity index (χ4v) is 2.12. The molecule has 0 fully saturated rings. The summed E-state index contributed by atoms with van der Waals surface area (Å²) in [5, 5.41) is 8.07. The summed E-state index contributed by atoms with van der Waals surface area (Å²) in [5.41, 5.74) is 8.33. The van der Waals surface area contributed by atoms with Crippen molar-refractivity contribution in [2.24, 2.45) is 5.73 Å². The van der Waals surface area contributed by atoms with Crippen molar-refractivity contribution in [3.05, 3.63) is 29.5 Å². The van der Waals surface area contributed by atoms with E-state index in [1.807, 2.05) is 6.07 Å². The summed E-state index contributed by atoms with van der Waals surface area (Å²) in [5.74, 6) is 0.524. The molecule has 1 heterocycles. The number of allylic oxidation sites excluding steroid dienone is 1. The van der Waals surface area contributed by atoms with Crippen LogP contribution in [-0.4, -0.2) is 17.3 Å². The third-order valence-corrected chi connectivity index (χ3v) is 3.16. The van der Waals surface area contributed by atoms with Crippen LogP contribution in [0, 0.1) is 0 Å². The van der Waals surface area contributed by atoms with Crippen molar-refractivity contribution in [1.29, 1.82) is 0 Å². The Morgan fingerprint density at radius 2 is 2.12 bits per heavy atom. The first kappa shape index (κ1) is 12.0. The standard InChI is InChI=1S/C13H19N3O/c1-17-12-9-8-11(15-16-12)13(14)10-6-4-2-3-5-7-10/h6,8-9,13H,2-5,7,14H2,1H3. The van der Waals surface area contributed by atoms with Gasteiger partial charge in [0.2, 0.25) is 5.88 Å². The van der Waals surface area contributed by atoms with Crippen LogP contribution in [0.15, 0.2) is 23.8 Å². The normalized spacial score (nSPS) is 18.1. The molecule has 0 amide bonds. The molecule has 4 heteroatoms. The van der Waals surface area contributed by atoms with Crippen LogP contribution < -0.4 is 10.5 Å². The Labute approximate surface area is 102 Å². The van der Waals surface area contributed by atoms with E-state index in [0.717, 1.165) is 18.5 Å². The van der Waals surface area contributed by atoms with Crippen LogP contribution in [0.3, 0.4) is 0 Å². The zero-order valence-corrected chi connectivity index (χ0v) is 10.2. The second-order valence-electron chi connectivity index (χ2n) is 4.36. The summed E-state index contributed by atoms with van der Waals surface area (Å²) in [4.78, 5) is 0. The monoisotopic (exact) mass is 233 g/mol. The van der Waals surface area contributed by atoms with Crippen molar-refractivity contribution in [2.75, 3.05) is 7.11 Å². The minimum absolute atomic E-state index is 0.119. The molecule has 1 aliphatic rings. The average Bonchev–Trinajstić information content (AvgIpc) is 2.67. The maximum Gasteiger partial charge on any atom is 0.233 e. The maximum atomic E-state index is 6.22. The van der Waals surface area contributed by atoms with Crippen molar-refractivity contribution in [1.82, 2.24) is 10.2 Å². The third-order valence-electron chi connectivity index (χ3n) is 3.16. The Bertz CT molecular complexity index is 386. The lowest BCUT2D eigenvalue weighted by Gasteiger charge is -2.14. The van der Waals surface area contributed by atoms with Crippen molar-refractivity contribution in [3.63, 3.8) is 0 Å². The van der Waals surface area contributed by atoms with Crippen molar-refractivity contribution in [3.8, 4) is 5.88 Å². The summed E-state index contributed by atoms with van der Waals surface area (Å²) in [6.07, 6.45) is 8.26. The van der Waals surface area contributed by atoms with E-state index < -0.39 is 0 Å². The molecule has 1 atom stereocenters. The Morgan fingerprint density at radius 1 is 1.24 bits per heavy atom. The molecule has 1 aromatic rings. The second-order valence-corrected chi connectivity index (χ2v) is 4.36. The summed E-state index contributed by atoms with van der Waals surface area (Å²) < 4.78 is 4.99. The number of hydrogen-bond acceptors (Lipinski definition) is 4. The Hall–Kier alpha value is -1.42. The number of nitrogens with zero attached hydrogens (tertiary/aromatic N) is 2. The molecule has 17 heavy (non-hydrogen) atoms. The molecule has 92 valence electrons. The first-order valence-electron chi connectivity index (χ1n) is 6.13. The fraction of sp³-hybridized carbons (Fsp3) is 0.538. The lowest BCUT2D eigenvalue weighted by atomic mass is 10.00. The van der Waals surface area contributed by atoms with E-state index in [-0.39, 0.29) is 6.04 Å². The Kier molecular flexibility index (Phi) is 4.09. The average molecular weight is 233 g/mol. The van der Waals surface area contributed by atoms with E-state index in [9.17, 15) is 0 Å². The molecular formula is C13H19N3O. The first-order valence-corrected chi connectivity index (χ1v) is 6.13. The quantitative estimate of drug-likeness (QED) is 0.814. The smallest absolute Gasteiger partial charge is 0.233 e. The van der Waals surface area contributed by atoms with Gasteiger partial charge in [0.15, 0.2) is 0 Å². The molecule has 0 aliphatic heterocycles. The van der Waals surface area contributed by atoms with Gasteiger partial charge in [0.05, 0.1) is 18.8 Å². The predicted octanol–water partition coefficient (Wildman–Crippen LogP) is 2.38. The zero-order chi connectivity index (χ0) is 12.1. The van der Waals surface area contributed by atoms with Gasteiger partial charge in [-0.25, -0.2) is 0 Å². The number of hydrogen-bond donors (Lipinski definition) is 1. The molecule has 0 saturated carbocycles. The highest BCUT2D eigenvalue weighted by atomic mass is 16.5. The number of nitrogens with two attached hydrogens (primary N) is 1. The van der Waals surface area contributed by atoms with E-state index in [1.54, 1.807) is 13.2 Å². The lowest BCUT2D eigenvalue weighted by molar-refractivity contribution is 0.390. The van der Waals surface area contributed by atoms with Crippen LogP contribution in [0.2, 0.25) is 0 Å². The largest absolute Gasteiger partial charge is 0.480 e. The van der Waals surface area contributed by atoms with Gasteiger partial charge in [-0.3, -0.25) is 0 Å². The zero-order valence-electron chi connectivity index (χ0n) is 10.2. The highest BCUT2D eigenvalue weighted by Crippen LogP contribution is 2.26. The molecule has 1 unspecified atom stereocenters. The van der Waals surface area contributed by atoms with Gasteiger partial charge < -0.3 is 10.5 Å². The molecule has 2 N–H and O–H groups in total. The molecular weight excluding hydrogens is 214 g/mol. The van der Waals surface area contributed by atoms with Gasteiger partial charge in [-0.1, -0.05) is 18.1 Å². The Morgan fingerprint density at radius 3 is 2.82 bits per heavy atom. The van der Waals surface area contributed by atoms with Gasteiger partial charge in [0.25, 0.3) is 0 Å². The molecule has 0 radical (unpaired) electrons. The minimum atomic E-state index is -0.119. The Balaban J connectivity index is 2.11. The highest BCUT2D eigenvalue weighted by molar-refractivity contribution is 5.23. The molecule has 0 aromatic carbocycles. The van der Waals surface area contributed by atoms with E-state index in [1.165, 1.54) is 24.8 Å². The molecule has 0 saturated heterocycles. The number of ether oxygens (including phenoxy) is 1. The summed E-state index contributed by atoms with van der Waals surface area (Å²) in [6.45, 7) is 0.